The quantitative estimate of drug-likeness (QED) is 0.634. The molecule has 2 aromatic carbocycles. The molecule has 2 atom stereocenters. The smallest absolute Gasteiger partial charge is 0.134 e. The third kappa shape index (κ3) is 3.84. The first kappa shape index (κ1) is 18.8. The van der Waals surface area contributed by atoms with Gasteiger partial charge in [0.15, 0.2) is 0 Å². The van der Waals surface area contributed by atoms with Crippen LogP contribution in [-0.4, -0.2) is 50.1 Å². The molecule has 4 heteroatoms. The monoisotopic (exact) mass is 376 g/mol. The summed E-state index contributed by atoms with van der Waals surface area (Å²) in [6.45, 7) is 3.02. The van der Waals surface area contributed by atoms with Crippen molar-refractivity contribution in [3.63, 3.8) is 0 Å². The van der Waals surface area contributed by atoms with Crippen molar-refractivity contribution in [2.24, 2.45) is 0 Å². The van der Waals surface area contributed by atoms with Gasteiger partial charge in [0.2, 0.25) is 0 Å². The fraction of sp³-hybridized carbons (Fsp3) is 0.333. The predicted octanol–water partition coefficient (Wildman–Crippen LogP) is 4.48. The minimum Gasteiger partial charge on any atom is -0.497 e. The summed E-state index contributed by atoms with van der Waals surface area (Å²) in [7, 11) is 6.08. The van der Waals surface area contributed by atoms with Gasteiger partial charge in [0.25, 0.3) is 0 Å². The number of likely N-dealkylation sites (tertiary alicyclic amines) is 1. The van der Waals surface area contributed by atoms with Crippen molar-refractivity contribution in [1.29, 1.82) is 0 Å². The number of ether oxygens (including phenoxy) is 1. The summed E-state index contributed by atoms with van der Waals surface area (Å²) in [4.78, 5) is 4.91. The number of hydrogen-bond acceptors (Lipinski definition) is 4. The average Bonchev–Trinajstić information content (AvgIpc) is 3.39. The normalized spacial score (nSPS) is 20.0. The number of likely N-dealkylation sites (N-methyl/N-ethyl adjacent to an activating group) is 1. The van der Waals surface area contributed by atoms with E-state index in [1.165, 1.54) is 16.7 Å². The van der Waals surface area contributed by atoms with E-state index < -0.39 is 0 Å². The van der Waals surface area contributed by atoms with E-state index in [0.29, 0.717) is 12.0 Å². The minimum absolute atomic E-state index is 0.483. The van der Waals surface area contributed by atoms with Gasteiger partial charge in [0.05, 0.1) is 13.4 Å². The van der Waals surface area contributed by atoms with Gasteiger partial charge >= 0.3 is 0 Å². The van der Waals surface area contributed by atoms with Gasteiger partial charge in [-0.1, -0.05) is 36.4 Å². The molecule has 0 amide bonds. The Morgan fingerprint density at radius 1 is 1.00 bits per heavy atom. The molecule has 1 saturated heterocycles. The van der Waals surface area contributed by atoms with E-state index in [4.69, 9.17) is 9.15 Å². The van der Waals surface area contributed by atoms with Gasteiger partial charge in [-0.2, -0.15) is 0 Å². The molecule has 1 aliphatic heterocycles. The first-order valence-electron chi connectivity index (χ1n) is 9.80. The van der Waals surface area contributed by atoms with Crippen LogP contribution in [0, 0.1) is 0 Å². The molecule has 0 aliphatic carbocycles. The molecule has 2 unspecified atom stereocenters. The van der Waals surface area contributed by atoms with Crippen molar-refractivity contribution in [3.8, 4) is 17.1 Å². The van der Waals surface area contributed by atoms with Crippen LogP contribution in [0.25, 0.3) is 11.3 Å². The molecule has 0 saturated carbocycles. The minimum atomic E-state index is 0.483. The molecule has 4 rings (SSSR count). The summed E-state index contributed by atoms with van der Waals surface area (Å²) >= 11 is 0. The third-order valence-corrected chi connectivity index (χ3v) is 5.77. The Balaban J connectivity index is 1.55. The Morgan fingerprint density at radius 2 is 1.79 bits per heavy atom. The number of hydrogen-bond donors (Lipinski definition) is 0. The van der Waals surface area contributed by atoms with Crippen LogP contribution in [-0.2, 0) is 6.54 Å². The van der Waals surface area contributed by atoms with E-state index in [0.717, 1.165) is 31.1 Å². The van der Waals surface area contributed by atoms with E-state index in [9.17, 15) is 0 Å². The lowest BCUT2D eigenvalue weighted by atomic mass is 9.93. The van der Waals surface area contributed by atoms with Gasteiger partial charge < -0.3 is 14.1 Å². The van der Waals surface area contributed by atoms with Crippen molar-refractivity contribution >= 4 is 0 Å². The maximum absolute atomic E-state index is 5.66. The lowest BCUT2D eigenvalue weighted by molar-refractivity contribution is 0.260. The van der Waals surface area contributed by atoms with E-state index in [2.05, 4.69) is 72.4 Å². The second-order valence-corrected chi connectivity index (χ2v) is 7.74. The number of rotatable bonds is 6. The van der Waals surface area contributed by atoms with Crippen LogP contribution in [0.4, 0.5) is 0 Å². The first-order chi connectivity index (χ1) is 13.7. The zero-order chi connectivity index (χ0) is 19.5. The largest absolute Gasteiger partial charge is 0.497 e. The molecular formula is C24H28N2O2. The molecule has 1 aromatic heterocycles. The molecule has 0 bridgehead atoms. The van der Waals surface area contributed by atoms with Gasteiger partial charge in [-0.05, 0) is 49.5 Å². The topological polar surface area (TPSA) is 28.9 Å². The molecular weight excluding hydrogens is 348 g/mol. The standard InChI is InChI=1S/C24H28N2O2/c1-25(2)23-17-26(16-22(23)18-10-12-20(27-3)13-11-18)15-19-7-4-5-8-21(19)24-9-6-14-28-24/h4-14,22-23H,15-17H2,1-3H3. The fourth-order valence-corrected chi connectivity index (χ4v) is 4.27. The lowest BCUT2D eigenvalue weighted by Gasteiger charge is -2.25. The summed E-state index contributed by atoms with van der Waals surface area (Å²) in [5, 5.41) is 0. The Kier molecular flexibility index (Phi) is 5.51. The molecule has 1 fully saturated rings. The fourth-order valence-electron chi connectivity index (χ4n) is 4.27. The molecule has 146 valence electrons. The van der Waals surface area contributed by atoms with Gasteiger partial charge in [-0.15, -0.1) is 0 Å². The predicted molar refractivity (Wildman–Crippen MR) is 113 cm³/mol. The highest BCUT2D eigenvalue weighted by atomic mass is 16.5. The van der Waals surface area contributed by atoms with Crippen molar-refractivity contribution in [3.05, 3.63) is 78.1 Å². The Morgan fingerprint density at radius 3 is 2.46 bits per heavy atom. The number of furan rings is 1. The second-order valence-electron chi connectivity index (χ2n) is 7.74. The zero-order valence-corrected chi connectivity index (χ0v) is 16.8. The average molecular weight is 377 g/mol. The SMILES string of the molecule is COc1ccc(C2CN(Cc3ccccc3-c3ccco3)CC2N(C)C)cc1. The Hall–Kier alpha value is -2.56. The highest BCUT2D eigenvalue weighted by molar-refractivity contribution is 5.61. The molecule has 0 spiro atoms. The molecule has 3 aromatic rings. The molecule has 2 heterocycles. The third-order valence-electron chi connectivity index (χ3n) is 5.77. The van der Waals surface area contributed by atoms with E-state index in [1.54, 1.807) is 13.4 Å². The van der Waals surface area contributed by atoms with Crippen molar-refractivity contribution in [2.45, 2.75) is 18.5 Å². The van der Waals surface area contributed by atoms with Crippen LogP contribution in [0.15, 0.2) is 71.3 Å². The Bertz CT molecular complexity index is 887. The van der Waals surface area contributed by atoms with Gasteiger partial charge in [-0.3, -0.25) is 4.90 Å². The van der Waals surface area contributed by atoms with Crippen molar-refractivity contribution < 1.29 is 9.15 Å². The molecule has 0 radical (unpaired) electrons. The van der Waals surface area contributed by atoms with Crippen molar-refractivity contribution in [2.75, 3.05) is 34.3 Å². The van der Waals surface area contributed by atoms with Gasteiger partial charge in [0, 0.05) is 37.2 Å². The van der Waals surface area contributed by atoms with Crippen LogP contribution in [0.1, 0.15) is 17.0 Å². The maximum Gasteiger partial charge on any atom is 0.134 e. The molecule has 4 nitrogen and oxygen atoms in total. The summed E-state index contributed by atoms with van der Waals surface area (Å²) in [5.74, 6) is 2.33. The molecule has 1 aliphatic rings. The molecule has 28 heavy (non-hydrogen) atoms. The van der Waals surface area contributed by atoms with Crippen LogP contribution in [0.5, 0.6) is 5.75 Å². The van der Waals surface area contributed by atoms with Gasteiger partial charge in [-0.25, -0.2) is 0 Å². The highest BCUT2D eigenvalue weighted by Gasteiger charge is 2.35. The summed E-state index contributed by atoms with van der Waals surface area (Å²) < 4.78 is 11.0. The van der Waals surface area contributed by atoms with E-state index in [1.807, 2.05) is 12.1 Å². The lowest BCUT2D eigenvalue weighted by Crippen LogP contribution is -2.34. The van der Waals surface area contributed by atoms with Crippen molar-refractivity contribution in [1.82, 2.24) is 9.80 Å². The van der Waals surface area contributed by atoms with Crippen LogP contribution in [0.3, 0.4) is 0 Å². The van der Waals surface area contributed by atoms with E-state index in [-0.39, 0.29) is 0 Å². The highest BCUT2D eigenvalue weighted by Crippen LogP contribution is 2.33. The van der Waals surface area contributed by atoms with Crippen LogP contribution in [0.2, 0.25) is 0 Å². The summed E-state index contributed by atoms with van der Waals surface area (Å²) in [5.41, 5.74) is 3.87. The first-order valence-corrected chi connectivity index (χ1v) is 9.80. The van der Waals surface area contributed by atoms with Crippen LogP contribution < -0.4 is 4.74 Å². The second kappa shape index (κ2) is 8.21. The number of nitrogens with zero attached hydrogens (tertiary/aromatic N) is 2. The van der Waals surface area contributed by atoms with Gasteiger partial charge in [0.1, 0.15) is 11.5 Å². The zero-order valence-electron chi connectivity index (χ0n) is 16.8. The van der Waals surface area contributed by atoms with E-state index >= 15 is 0 Å². The molecule has 0 N–H and O–H groups in total. The maximum atomic E-state index is 5.66. The Labute approximate surface area is 167 Å². The summed E-state index contributed by atoms with van der Waals surface area (Å²) in [6.07, 6.45) is 1.74. The van der Waals surface area contributed by atoms with Crippen LogP contribution >= 0.6 is 0 Å². The number of benzene rings is 2. The number of methoxy groups -OCH3 is 1. The summed E-state index contributed by atoms with van der Waals surface area (Å²) in [6, 6.07) is 21.6.